The highest BCUT2D eigenvalue weighted by atomic mass is 32.2. The van der Waals surface area contributed by atoms with E-state index in [0.717, 1.165) is 20.9 Å². The zero-order chi connectivity index (χ0) is 14.3. The van der Waals surface area contributed by atoms with Gasteiger partial charge in [0.1, 0.15) is 9.84 Å². The summed E-state index contributed by atoms with van der Waals surface area (Å²) in [6, 6.07) is 4.05. The highest BCUT2D eigenvalue weighted by Gasteiger charge is 2.23. The van der Waals surface area contributed by atoms with Crippen molar-refractivity contribution in [3.05, 3.63) is 17.1 Å². The monoisotopic (exact) mass is 311 g/mol. The summed E-state index contributed by atoms with van der Waals surface area (Å²) < 4.78 is 23.9. The van der Waals surface area contributed by atoms with Crippen molar-refractivity contribution in [2.24, 2.45) is 0 Å². The van der Waals surface area contributed by atoms with Gasteiger partial charge in [-0.15, -0.1) is 11.3 Å². The SMILES string of the molecule is Cc1nc2cc(NC3CCS(=O)(=O)CC3)c(N)cc2s1. The Morgan fingerprint density at radius 3 is 2.75 bits per heavy atom. The zero-order valence-corrected chi connectivity index (χ0v) is 12.9. The van der Waals surface area contributed by atoms with E-state index in [2.05, 4.69) is 10.3 Å². The number of hydrogen-bond acceptors (Lipinski definition) is 6. The number of aromatic nitrogens is 1. The lowest BCUT2D eigenvalue weighted by Crippen LogP contribution is -2.32. The van der Waals surface area contributed by atoms with Crippen LogP contribution in [-0.2, 0) is 9.84 Å². The Bertz CT molecular complexity index is 738. The van der Waals surface area contributed by atoms with E-state index in [1.54, 1.807) is 11.3 Å². The molecule has 0 aliphatic carbocycles. The number of benzene rings is 1. The van der Waals surface area contributed by atoms with E-state index >= 15 is 0 Å². The van der Waals surface area contributed by atoms with Gasteiger partial charge in [-0.3, -0.25) is 0 Å². The number of sulfone groups is 1. The van der Waals surface area contributed by atoms with Crippen molar-refractivity contribution in [3.63, 3.8) is 0 Å². The first kappa shape index (κ1) is 13.6. The molecule has 1 saturated heterocycles. The Morgan fingerprint density at radius 1 is 1.35 bits per heavy atom. The average molecular weight is 311 g/mol. The minimum Gasteiger partial charge on any atom is -0.397 e. The number of rotatable bonds is 2. The Hall–Kier alpha value is -1.34. The van der Waals surface area contributed by atoms with Crippen LogP contribution in [0.1, 0.15) is 17.8 Å². The highest BCUT2D eigenvalue weighted by Crippen LogP contribution is 2.31. The van der Waals surface area contributed by atoms with Gasteiger partial charge in [-0.05, 0) is 31.9 Å². The predicted octanol–water partition coefficient (Wildman–Crippen LogP) is 2.18. The first-order chi connectivity index (χ1) is 9.43. The molecule has 7 heteroatoms. The third-order valence-electron chi connectivity index (χ3n) is 3.58. The fourth-order valence-corrected chi connectivity index (χ4v) is 4.83. The molecule has 3 rings (SSSR count). The summed E-state index contributed by atoms with van der Waals surface area (Å²) in [6.07, 6.45) is 1.27. The van der Waals surface area contributed by atoms with E-state index in [4.69, 9.17) is 5.73 Å². The third kappa shape index (κ3) is 2.73. The number of aryl methyl sites for hydroxylation is 1. The van der Waals surface area contributed by atoms with E-state index in [9.17, 15) is 8.42 Å². The number of nitrogens with one attached hydrogen (secondary N) is 1. The van der Waals surface area contributed by atoms with E-state index in [1.807, 2.05) is 19.1 Å². The van der Waals surface area contributed by atoms with E-state index < -0.39 is 9.84 Å². The van der Waals surface area contributed by atoms with E-state index in [0.29, 0.717) is 18.5 Å². The van der Waals surface area contributed by atoms with Crippen LogP contribution >= 0.6 is 11.3 Å². The van der Waals surface area contributed by atoms with E-state index in [1.165, 1.54) is 0 Å². The molecule has 5 nitrogen and oxygen atoms in total. The van der Waals surface area contributed by atoms with Crippen molar-refractivity contribution in [2.75, 3.05) is 22.6 Å². The Labute approximate surface area is 122 Å². The smallest absolute Gasteiger partial charge is 0.150 e. The van der Waals surface area contributed by atoms with Crippen molar-refractivity contribution >= 4 is 42.8 Å². The molecule has 0 unspecified atom stereocenters. The Balaban J connectivity index is 1.82. The minimum atomic E-state index is -2.83. The maximum atomic E-state index is 11.4. The van der Waals surface area contributed by atoms with Gasteiger partial charge in [-0.1, -0.05) is 0 Å². The molecular formula is C13H17N3O2S2. The normalized spacial score (nSPS) is 19.2. The molecule has 1 aliphatic rings. The van der Waals surface area contributed by atoms with Crippen molar-refractivity contribution in [2.45, 2.75) is 25.8 Å². The molecule has 0 atom stereocenters. The average Bonchev–Trinajstić information content (AvgIpc) is 2.71. The fraction of sp³-hybridized carbons (Fsp3) is 0.462. The van der Waals surface area contributed by atoms with Gasteiger partial charge in [-0.2, -0.15) is 0 Å². The van der Waals surface area contributed by atoms with Crippen LogP contribution in [0.4, 0.5) is 11.4 Å². The molecule has 1 aromatic heterocycles. The number of nitrogens with zero attached hydrogens (tertiary/aromatic N) is 1. The molecule has 1 fully saturated rings. The summed E-state index contributed by atoms with van der Waals surface area (Å²) in [4.78, 5) is 4.46. The quantitative estimate of drug-likeness (QED) is 0.830. The maximum Gasteiger partial charge on any atom is 0.150 e. The molecule has 20 heavy (non-hydrogen) atoms. The molecule has 0 amide bonds. The molecule has 3 N–H and O–H groups in total. The van der Waals surface area contributed by atoms with E-state index in [-0.39, 0.29) is 17.5 Å². The lowest BCUT2D eigenvalue weighted by atomic mass is 10.1. The van der Waals surface area contributed by atoms with Gasteiger partial charge in [0, 0.05) is 6.04 Å². The summed E-state index contributed by atoms with van der Waals surface area (Å²) >= 11 is 1.62. The van der Waals surface area contributed by atoms with Crippen LogP contribution in [-0.4, -0.2) is 30.9 Å². The van der Waals surface area contributed by atoms with Gasteiger partial charge >= 0.3 is 0 Å². The van der Waals surface area contributed by atoms with Crippen LogP contribution in [0.5, 0.6) is 0 Å². The number of nitrogen functional groups attached to an aromatic ring is 1. The van der Waals surface area contributed by atoms with Gasteiger partial charge in [0.25, 0.3) is 0 Å². The molecular weight excluding hydrogens is 294 g/mol. The first-order valence-electron chi connectivity index (χ1n) is 6.56. The second kappa shape index (κ2) is 4.89. The topological polar surface area (TPSA) is 85.1 Å². The second-order valence-corrected chi connectivity index (χ2v) is 8.75. The van der Waals surface area contributed by atoms with Crippen molar-refractivity contribution in [3.8, 4) is 0 Å². The number of thiazole rings is 1. The standard InChI is InChI=1S/C13H17N3O2S2/c1-8-15-12-7-11(10(14)6-13(12)19-8)16-9-2-4-20(17,18)5-3-9/h6-7,9,16H,2-5,14H2,1H3. The highest BCUT2D eigenvalue weighted by molar-refractivity contribution is 7.91. The van der Waals surface area contributed by atoms with Gasteiger partial charge in [0.05, 0.1) is 38.1 Å². The van der Waals surface area contributed by atoms with Crippen molar-refractivity contribution in [1.82, 2.24) is 4.98 Å². The van der Waals surface area contributed by atoms with Gasteiger partial charge in [0.2, 0.25) is 0 Å². The minimum absolute atomic E-state index is 0.165. The number of hydrogen-bond donors (Lipinski definition) is 2. The fourth-order valence-electron chi connectivity index (χ4n) is 2.48. The van der Waals surface area contributed by atoms with Crippen LogP contribution in [0, 0.1) is 6.92 Å². The molecule has 2 aromatic rings. The van der Waals surface area contributed by atoms with Crippen LogP contribution in [0.2, 0.25) is 0 Å². The van der Waals surface area contributed by atoms with Crippen molar-refractivity contribution < 1.29 is 8.42 Å². The predicted molar refractivity (Wildman–Crippen MR) is 84.1 cm³/mol. The molecule has 0 radical (unpaired) electrons. The second-order valence-electron chi connectivity index (χ2n) is 5.21. The number of anilines is 2. The third-order valence-corrected chi connectivity index (χ3v) is 6.23. The lowest BCUT2D eigenvalue weighted by molar-refractivity contribution is 0.559. The molecule has 0 bridgehead atoms. The number of nitrogens with two attached hydrogens (primary N) is 1. The summed E-state index contributed by atoms with van der Waals surface area (Å²) in [5, 5.41) is 4.38. The molecule has 2 heterocycles. The van der Waals surface area contributed by atoms with Crippen molar-refractivity contribution in [1.29, 1.82) is 0 Å². The van der Waals surface area contributed by atoms with Gasteiger partial charge < -0.3 is 11.1 Å². The van der Waals surface area contributed by atoms with Gasteiger partial charge in [0.15, 0.2) is 0 Å². The summed E-state index contributed by atoms with van der Waals surface area (Å²) in [6.45, 7) is 1.97. The Kier molecular flexibility index (Phi) is 3.33. The molecule has 0 spiro atoms. The maximum absolute atomic E-state index is 11.4. The zero-order valence-electron chi connectivity index (χ0n) is 11.2. The molecule has 1 aliphatic heterocycles. The van der Waals surface area contributed by atoms with Crippen LogP contribution < -0.4 is 11.1 Å². The summed E-state index contributed by atoms with van der Waals surface area (Å²) in [5.74, 6) is 0.505. The van der Waals surface area contributed by atoms with Crippen LogP contribution in [0.15, 0.2) is 12.1 Å². The summed E-state index contributed by atoms with van der Waals surface area (Å²) in [5.41, 5.74) is 8.55. The van der Waals surface area contributed by atoms with Gasteiger partial charge in [-0.25, -0.2) is 13.4 Å². The van der Waals surface area contributed by atoms with Crippen LogP contribution in [0.25, 0.3) is 10.2 Å². The largest absolute Gasteiger partial charge is 0.397 e. The lowest BCUT2D eigenvalue weighted by Gasteiger charge is -2.24. The Morgan fingerprint density at radius 2 is 2.05 bits per heavy atom. The molecule has 1 aromatic carbocycles. The summed E-state index contributed by atoms with van der Waals surface area (Å²) in [7, 11) is -2.83. The number of fused-ring (bicyclic) bond motifs is 1. The van der Waals surface area contributed by atoms with Crippen LogP contribution in [0.3, 0.4) is 0 Å². The molecule has 0 saturated carbocycles. The molecule has 108 valence electrons. The first-order valence-corrected chi connectivity index (χ1v) is 9.20.